The van der Waals surface area contributed by atoms with E-state index in [1.807, 2.05) is 0 Å². The summed E-state index contributed by atoms with van der Waals surface area (Å²) in [6.07, 6.45) is 8.92. The lowest BCUT2D eigenvalue weighted by molar-refractivity contribution is 0.967. The SMILES string of the molecule is C1=CCCC(n2c3c(c4ccccc42)B2c4ccccc4-c4ccccc4N2c2ccccc2-3)=C1. The molecule has 0 spiro atoms. The van der Waals surface area contributed by atoms with Crippen LogP contribution in [0.1, 0.15) is 12.8 Å². The van der Waals surface area contributed by atoms with Gasteiger partial charge in [-0.15, -0.1) is 0 Å². The molecule has 4 aromatic carbocycles. The summed E-state index contributed by atoms with van der Waals surface area (Å²) in [5.74, 6) is 0. The zero-order valence-electron chi connectivity index (χ0n) is 19.4. The van der Waals surface area contributed by atoms with Gasteiger partial charge in [-0.05, 0) is 59.0 Å². The number of allylic oxidation sites excluding steroid dienone is 4. The Balaban J connectivity index is 1.56. The van der Waals surface area contributed by atoms with E-state index in [-0.39, 0.29) is 6.85 Å². The van der Waals surface area contributed by atoms with E-state index in [2.05, 4.69) is 125 Å². The van der Waals surface area contributed by atoms with Crippen molar-refractivity contribution in [3.8, 4) is 22.4 Å². The van der Waals surface area contributed by atoms with Crippen molar-refractivity contribution in [1.29, 1.82) is 0 Å². The fourth-order valence-corrected chi connectivity index (χ4v) is 6.49. The molecule has 0 bridgehead atoms. The largest absolute Gasteiger partial charge is 0.376 e. The molecule has 0 radical (unpaired) electrons. The Kier molecular flexibility index (Phi) is 3.89. The maximum Gasteiger partial charge on any atom is 0.331 e. The van der Waals surface area contributed by atoms with Crippen LogP contribution in [0, 0.1) is 0 Å². The van der Waals surface area contributed by atoms with E-state index in [0.717, 1.165) is 12.8 Å². The van der Waals surface area contributed by atoms with Crippen LogP contribution in [0.25, 0.3) is 39.0 Å². The number of hydrogen-bond acceptors (Lipinski definition) is 1. The van der Waals surface area contributed by atoms with Crippen LogP contribution in [-0.4, -0.2) is 11.4 Å². The number of hydrogen-bond donors (Lipinski definition) is 0. The van der Waals surface area contributed by atoms with Gasteiger partial charge in [0.15, 0.2) is 0 Å². The first-order valence-corrected chi connectivity index (χ1v) is 12.5. The molecule has 0 N–H and O–H groups in total. The van der Waals surface area contributed by atoms with Crippen molar-refractivity contribution in [3.63, 3.8) is 0 Å². The van der Waals surface area contributed by atoms with Crippen LogP contribution in [-0.2, 0) is 0 Å². The molecule has 3 heterocycles. The molecule has 8 rings (SSSR count). The third-order valence-electron chi connectivity index (χ3n) is 7.85. The molecule has 0 fully saturated rings. The minimum absolute atomic E-state index is 0.122. The zero-order valence-corrected chi connectivity index (χ0v) is 19.4. The van der Waals surface area contributed by atoms with Gasteiger partial charge in [0.05, 0.1) is 11.2 Å². The van der Waals surface area contributed by atoms with Gasteiger partial charge >= 0.3 is 6.85 Å². The number of rotatable bonds is 1. The van der Waals surface area contributed by atoms with Crippen molar-refractivity contribution in [1.82, 2.24) is 4.57 Å². The van der Waals surface area contributed by atoms with Crippen LogP contribution in [0.15, 0.2) is 115 Å². The standard InChI is InChI=1S/C32H23BN2/c1-2-12-22(13-3-1)34-28-19-9-6-16-25(28)31-32(34)26-17-7-11-21-30(26)35-29-20-10-5-15-24(29)23-14-4-8-18-27(23)33(31)35/h1-2,4-12,14-21H,3,13H2. The molecule has 0 atom stereocenters. The molecule has 0 amide bonds. The Morgan fingerprint density at radius 3 is 2.17 bits per heavy atom. The number of benzene rings is 4. The van der Waals surface area contributed by atoms with E-state index in [0.29, 0.717) is 0 Å². The third kappa shape index (κ3) is 2.50. The Hall–Kier alpha value is -4.24. The number of anilines is 2. The van der Waals surface area contributed by atoms with Crippen LogP contribution < -0.4 is 15.7 Å². The molecule has 3 aliphatic rings. The van der Waals surface area contributed by atoms with Gasteiger partial charge in [0.1, 0.15) is 0 Å². The van der Waals surface area contributed by atoms with Crippen molar-refractivity contribution in [2.75, 3.05) is 4.81 Å². The molecule has 3 heteroatoms. The number of nitrogens with zero attached hydrogens (tertiary/aromatic N) is 2. The number of para-hydroxylation sites is 3. The van der Waals surface area contributed by atoms with E-state index >= 15 is 0 Å². The third-order valence-corrected chi connectivity index (χ3v) is 7.85. The highest BCUT2D eigenvalue weighted by Gasteiger charge is 2.44. The highest BCUT2D eigenvalue weighted by atomic mass is 15.1. The minimum Gasteiger partial charge on any atom is -0.376 e. The Labute approximate surface area is 205 Å². The summed E-state index contributed by atoms with van der Waals surface area (Å²) in [4.78, 5) is 2.58. The molecular weight excluding hydrogens is 423 g/mol. The first-order valence-electron chi connectivity index (χ1n) is 12.5. The summed E-state index contributed by atoms with van der Waals surface area (Å²) < 4.78 is 2.55. The average Bonchev–Trinajstić information content (AvgIpc) is 3.29. The fraction of sp³-hybridized carbons (Fsp3) is 0.0625. The lowest BCUT2D eigenvalue weighted by Gasteiger charge is -2.42. The minimum atomic E-state index is 0.122. The highest BCUT2D eigenvalue weighted by Crippen LogP contribution is 2.47. The van der Waals surface area contributed by atoms with Crippen LogP contribution in [0.4, 0.5) is 11.4 Å². The molecule has 35 heavy (non-hydrogen) atoms. The van der Waals surface area contributed by atoms with Gasteiger partial charge < -0.3 is 9.38 Å². The summed E-state index contributed by atoms with van der Waals surface area (Å²) >= 11 is 0. The van der Waals surface area contributed by atoms with Gasteiger partial charge in [0.25, 0.3) is 0 Å². The summed E-state index contributed by atoms with van der Waals surface area (Å²) in [5.41, 5.74) is 13.3. The molecule has 1 aliphatic carbocycles. The van der Waals surface area contributed by atoms with E-state index in [9.17, 15) is 0 Å². The fourth-order valence-electron chi connectivity index (χ4n) is 6.49. The van der Waals surface area contributed by atoms with E-state index in [1.165, 1.54) is 61.3 Å². The number of fused-ring (bicyclic) bond motifs is 13. The van der Waals surface area contributed by atoms with Gasteiger partial charge in [-0.25, -0.2) is 0 Å². The predicted octanol–water partition coefficient (Wildman–Crippen LogP) is 6.74. The van der Waals surface area contributed by atoms with Crippen molar-refractivity contribution in [3.05, 3.63) is 115 Å². The molecule has 164 valence electrons. The van der Waals surface area contributed by atoms with E-state index in [1.54, 1.807) is 0 Å². The van der Waals surface area contributed by atoms with E-state index < -0.39 is 0 Å². The maximum absolute atomic E-state index is 2.58. The van der Waals surface area contributed by atoms with Crippen molar-refractivity contribution >= 4 is 45.7 Å². The summed E-state index contributed by atoms with van der Waals surface area (Å²) in [7, 11) is 0. The topological polar surface area (TPSA) is 8.17 Å². The summed E-state index contributed by atoms with van der Waals surface area (Å²) in [6.45, 7) is 0.122. The Morgan fingerprint density at radius 1 is 0.657 bits per heavy atom. The molecule has 2 aliphatic heterocycles. The second kappa shape index (κ2) is 7.13. The Morgan fingerprint density at radius 2 is 1.34 bits per heavy atom. The quantitative estimate of drug-likeness (QED) is 0.259. The van der Waals surface area contributed by atoms with Crippen molar-refractivity contribution in [2.24, 2.45) is 0 Å². The molecular formula is C32H23BN2. The smallest absolute Gasteiger partial charge is 0.331 e. The van der Waals surface area contributed by atoms with Crippen LogP contribution in [0.5, 0.6) is 0 Å². The van der Waals surface area contributed by atoms with Crippen molar-refractivity contribution < 1.29 is 0 Å². The normalized spacial score (nSPS) is 15.1. The van der Waals surface area contributed by atoms with Gasteiger partial charge in [0, 0.05) is 28.2 Å². The first kappa shape index (κ1) is 19.1. The number of aromatic nitrogens is 1. The van der Waals surface area contributed by atoms with Gasteiger partial charge in [-0.2, -0.15) is 0 Å². The summed E-state index contributed by atoms with van der Waals surface area (Å²) in [6, 6.07) is 35.8. The molecule has 2 nitrogen and oxygen atoms in total. The van der Waals surface area contributed by atoms with Gasteiger partial charge in [-0.1, -0.05) is 91.0 Å². The zero-order chi connectivity index (χ0) is 22.9. The van der Waals surface area contributed by atoms with Crippen molar-refractivity contribution in [2.45, 2.75) is 12.8 Å². The molecule has 5 aromatic rings. The van der Waals surface area contributed by atoms with E-state index in [4.69, 9.17) is 0 Å². The van der Waals surface area contributed by atoms with Gasteiger partial charge in [-0.3, -0.25) is 0 Å². The van der Waals surface area contributed by atoms with Crippen LogP contribution in [0.3, 0.4) is 0 Å². The lowest BCUT2D eigenvalue weighted by Crippen LogP contribution is -2.59. The first-order chi connectivity index (χ1) is 17.4. The van der Waals surface area contributed by atoms with Crippen LogP contribution >= 0.6 is 0 Å². The second-order valence-electron chi connectivity index (χ2n) is 9.63. The second-order valence-corrected chi connectivity index (χ2v) is 9.63. The maximum atomic E-state index is 2.58. The van der Waals surface area contributed by atoms with Crippen LogP contribution in [0.2, 0.25) is 0 Å². The molecule has 0 saturated heterocycles. The molecule has 0 saturated carbocycles. The predicted molar refractivity (Wildman–Crippen MR) is 149 cm³/mol. The summed E-state index contributed by atoms with van der Waals surface area (Å²) in [5, 5.41) is 1.34. The van der Waals surface area contributed by atoms with Gasteiger partial charge in [0.2, 0.25) is 0 Å². The monoisotopic (exact) mass is 446 g/mol. The lowest BCUT2D eigenvalue weighted by atomic mass is 9.43. The Bertz CT molecular complexity index is 1720. The average molecular weight is 446 g/mol. The molecule has 0 unspecified atom stereocenters. The molecule has 1 aromatic heterocycles. The highest BCUT2D eigenvalue weighted by molar-refractivity contribution is 6.94.